The molecule has 29 N–H and O–H groups in total. The molecule has 7 aliphatic heterocycles. The molecule has 40 atom stereocenters. The number of nitrogens with one attached hydrogen (secondary N) is 4. The van der Waals surface area contributed by atoms with Crippen LogP contribution in [0.15, 0.2) is 24.3 Å². The van der Waals surface area contributed by atoms with Crippen molar-refractivity contribution in [2.75, 3.05) is 52.9 Å². The van der Waals surface area contributed by atoms with Crippen LogP contribution in [0.3, 0.4) is 0 Å². The summed E-state index contributed by atoms with van der Waals surface area (Å²) in [7, 11) is 0. The number of aliphatic hydroxyl groups is 22. The lowest BCUT2D eigenvalue weighted by atomic mass is 9.86. The highest BCUT2D eigenvalue weighted by atomic mass is 16.8. The van der Waals surface area contributed by atoms with E-state index in [1.807, 2.05) is 0 Å². The van der Waals surface area contributed by atoms with Gasteiger partial charge >= 0.3 is 17.9 Å². The number of carbonyl (C=O) groups is 8. The van der Waals surface area contributed by atoms with Crippen LogP contribution >= 0.6 is 0 Å². The maximum Gasteiger partial charge on any atom is 0.364 e. The van der Waals surface area contributed by atoms with Gasteiger partial charge in [0.15, 0.2) is 25.2 Å². The molecule has 3 unspecified atom stereocenters. The summed E-state index contributed by atoms with van der Waals surface area (Å²) in [6.07, 6.45) is -47.2. The van der Waals surface area contributed by atoms with Crippen LogP contribution in [0.5, 0.6) is 0 Å². The van der Waals surface area contributed by atoms with Crippen molar-refractivity contribution in [3.05, 3.63) is 24.3 Å². The third kappa shape index (κ3) is 36.0. The van der Waals surface area contributed by atoms with Crippen LogP contribution in [0.1, 0.15) is 234 Å². The summed E-state index contributed by atoms with van der Waals surface area (Å²) in [5.74, 6) is -23.9. The van der Waals surface area contributed by atoms with Crippen molar-refractivity contribution in [3.8, 4) is 0 Å². The summed E-state index contributed by atoms with van der Waals surface area (Å²) in [6, 6.07) is -7.09. The fourth-order valence-electron chi connectivity index (χ4n) is 19.4. The molecule has 0 aromatic heterocycles. The second kappa shape index (κ2) is 63.1. The Balaban J connectivity index is 1.26. The summed E-state index contributed by atoms with van der Waals surface area (Å²) in [5, 5.41) is 296. The van der Waals surface area contributed by atoms with E-state index in [0.29, 0.717) is 19.3 Å². The Kier molecular flexibility index (Phi) is 54.9. The summed E-state index contributed by atoms with van der Waals surface area (Å²) in [4.78, 5) is 108. The van der Waals surface area contributed by atoms with E-state index in [4.69, 9.17) is 66.3 Å². The molecule has 7 fully saturated rings. The summed E-state index contributed by atoms with van der Waals surface area (Å²) >= 11 is 0. The molecule has 0 bridgehead atoms. The summed E-state index contributed by atoms with van der Waals surface area (Å²) in [6.45, 7) is -2.10. The molecule has 7 rings (SSSR count). The zero-order valence-corrected chi connectivity index (χ0v) is 84.2. The van der Waals surface area contributed by atoms with E-state index in [9.17, 15) is 166 Å². The minimum atomic E-state index is -3.80. The number of carbonyl (C=O) groups excluding carboxylic acids is 5. The number of aliphatic carboxylic acids is 3. The minimum absolute atomic E-state index is 0.0349. The minimum Gasteiger partial charge on any atom is -0.477 e. The Morgan fingerprint density at radius 3 is 1.18 bits per heavy atom. The van der Waals surface area contributed by atoms with Gasteiger partial charge in [0.2, 0.25) is 23.6 Å². The SMILES string of the molecule is CCCCCCCC/C=C\CCCCCCCC(=O)N[C@@H](CO[C@@H]1O[C@H](CO)[C@@H](O[C@@H]2O[C@H](CO)[C@H](O[C@@H]3O[C@H](CO)[C@H](O)[C@H](O[C@@H]4O[C@H](CO)[C@H](O)[C@H](O[C@]5(C(=O)O)C[C@H](O)[C@@H](NC(C)=O)C([C@H](O)[C@H](O)CO)O5)[C@H]4O)[C@H]3CC(C)=O)[C@H](O[C@]3(C(=O)O)C[C@H](O)[C@@H](NC(C)=O)C([C@H](O)[C@@H](CO)O[C@]4(C(=O)O)C[C@H](O)[C@@H](NC(C)=O)C([C@H](O)[C@H](O)CO)O4)O3)[C@H]2O)[C@H](O)[C@H]1O)[C@H](O)/C=C/CCCCCCCCCCCCC. The van der Waals surface area contributed by atoms with Gasteiger partial charge in [-0.25, -0.2) is 14.4 Å². The van der Waals surface area contributed by atoms with E-state index in [-0.39, 0.29) is 6.42 Å². The third-order valence-corrected chi connectivity index (χ3v) is 27.5. The predicted octanol–water partition coefficient (Wildman–Crippen LogP) is -5.83. The second-order valence-electron chi connectivity index (χ2n) is 39.2. The Hall–Kier alpha value is -6.00. The van der Waals surface area contributed by atoms with Crippen LogP contribution in [0.2, 0.25) is 0 Å². The fraction of sp³-hybridized carbons (Fsp3) is 0.875. The molecule has 0 saturated carbocycles. The maximum atomic E-state index is 14.6. The standard InChI is InChI=1S/C96H164N4O47/c1-7-9-11-13-15-17-19-21-22-24-26-28-30-32-34-36-66(118)100-54(55(112)35-33-31-29-27-25-23-20-18-16-14-12-10-8-2)48-134-88-76(125)75(124)80(64(46-106)137-88)140-90-78(127)86(147-96(93(132)133)40-58(115)69(99-52(6)111)84(145-96)74(123)63(45-105)142-94(91(128)129)38-56(113)67(97-50(4)109)82(143-94)70(119)59(116)41-101)81(65(47-107)138-90)141-87-53(37-49(3)108)79(72(121)61(43-103)135-87)139-89-77(126)85(73(122)62(44-104)136-89)146-95(92(130)131)39-57(114)68(98-51(5)110)83(144-95)71(120)60(117)42-102/h21-22,33,35,53-65,67-90,101-107,112-117,119-127H,7-20,23-32,34,36-48H2,1-6H3,(H,97,109)(H,98,110)(H,99,111)(H,100,118)(H,128,129)(H,130,131)(H,132,133)/b22-21-,35-33+/t53-,54+,55-,56+,57+,58+,59-,60-,61-,62-,63-,64-,65-,67-,68-,69-,70-,71-,72+,73+,74-,75-,76-,77-,78-,79-,80-,81+,82?,83?,84?,85+,86-,87+,88-,89+,90+,94-,95+,96+/m1/s1. The number of rotatable bonds is 66. The first-order chi connectivity index (χ1) is 69.9. The number of aliphatic hydroxyl groups excluding tert-OH is 22. The zero-order chi connectivity index (χ0) is 109. The van der Waals surface area contributed by atoms with Crippen molar-refractivity contribution in [2.24, 2.45) is 5.92 Å². The van der Waals surface area contributed by atoms with E-state index in [0.717, 1.165) is 111 Å². The number of hydrogen-bond donors (Lipinski definition) is 29. The molecule has 7 saturated heterocycles. The topological polar surface area (TPSA) is 820 Å². The number of unbranched alkanes of at least 4 members (excludes halogenated alkanes) is 22. The van der Waals surface area contributed by atoms with Gasteiger partial charge < -0.3 is 220 Å². The Morgan fingerprint density at radius 1 is 0.388 bits per heavy atom. The van der Waals surface area contributed by atoms with Gasteiger partial charge in [-0.15, -0.1) is 0 Å². The molecule has 7 aliphatic rings. The van der Waals surface area contributed by atoms with Crippen LogP contribution in [0.4, 0.5) is 0 Å². The van der Waals surface area contributed by atoms with Crippen molar-refractivity contribution in [3.63, 3.8) is 0 Å². The highest BCUT2D eigenvalue weighted by molar-refractivity contribution is 5.79. The molecular weight excluding hydrogens is 1960 g/mol. The Bertz CT molecular complexity index is 3970. The van der Waals surface area contributed by atoms with E-state index in [2.05, 4.69) is 47.3 Å². The quantitative estimate of drug-likeness (QED) is 0.0199. The molecule has 51 heteroatoms. The van der Waals surface area contributed by atoms with Crippen molar-refractivity contribution in [2.45, 2.75) is 472 Å². The van der Waals surface area contributed by atoms with Crippen molar-refractivity contribution in [1.29, 1.82) is 0 Å². The Labute approximate surface area is 852 Å². The average Bonchev–Trinajstić information content (AvgIpc) is 0.736. The monoisotopic (exact) mass is 2130 g/mol. The van der Waals surface area contributed by atoms with Crippen LogP contribution in [0, 0.1) is 5.92 Å². The van der Waals surface area contributed by atoms with E-state index >= 15 is 0 Å². The van der Waals surface area contributed by atoms with Crippen LogP contribution in [-0.2, 0) is 105 Å². The van der Waals surface area contributed by atoms with Gasteiger partial charge in [-0.1, -0.05) is 154 Å². The fourth-order valence-corrected chi connectivity index (χ4v) is 19.4. The van der Waals surface area contributed by atoms with Crippen LogP contribution in [0.25, 0.3) is 0 Å². The van der Waals surface area contributed by atoms with Crippen molar-refractivity contribution >= 4 is 47.3 Å². The highest BCUT2D eigenvalue weighted by Crippen LogP contribution is 2.46. The number of ketones is 1. The van der Waals surface area contributed by atoms with E-state index < -0.39 is 369 Å². The van der Waals surface area contributed by atoms with Gasteiger partial charge in [0, 0.05) is 58.8 Å². The highest BCUT2D eigenvalue weighted by Gasteiger charge is 2.66. The maximum absolute atomic E-state index is 14.6. The molecule has 0 spiro atoms. The van der Waals surface area contributed by atoms with Crippen LogP contribution in [-0.4, -0.2) is 465 Å². The zero-order valence-electron chi connectivity index (χ0n) is 84.2. The third-order valence-electron chi connectivity index (χ3n) is 27.5. The van der Waals surface area contributed by atoms with E-state index in [1.54, 1.807) is 6.08 Å². The molecule has 7 heterocycles. The number of carboxylic acid groups (broad SMARTS) is 3. The molecular formula is C96H164N4O47. The number of carboxylic acids is 3. The molecule has 147 heavy (non-hydrogen) atoms. The smallest absolute Gasteiger partial charge is 0.364 e. The molecule has 0 radical (unpaired) electrons. The lowest BCUT2D eigenvalue weighted by molar-refractivity contribution is -0.409. The number of allylic oxidation sites excluding steroid dienone is 3. The summed E-state index contributed by atoms with van der Waals surface area (Å²) < 4.78 is 84.9. The first-order valence-corrected chi connectivity index (χ1v) is 51.2. The van der Waals surface area contributed by atoms with Gasteiger partial charge in [0.25, 0.3) is 17.4 Å². The second-order valence-corrected chi connectivity index (χ2v) is 39.2. The number of ether oxygens (including phenoxy) is 14. The molecule has 0 aromatic rings. The molecule has 0 aromatic carbocycles. The van der Waals surface area contributed by atoms with Gasteiger partial charge in [-0.2, -0.15) is 0 Å². The average molecular weight is 2130 g/mol. The van der Waals surface area contributed by atoms with E-state index in [1.165, 1.54) is 63.9 Å². The lowest BCUT2D eigenvalue weighted by Crippen LogP contribution is -2.72. The Morgan fingerprint density at radius 2 is 0.755 bits per heavy atom. The lowest BCUT2D eigenvalue weighted by Gasteiger charge is -2.53. The van der Waals surface area contributed by atoms with Gasteiger partial charge in [-0.05, 0) is 51.9 Å². The first kappa shape index (κ1) is 128. The molecule has 4 amide bonds. The number of amides is 4. The van der Waals surface area contributed by atoms with Crippen molar-refractivity contribution < 1.29 is 232 Å². The van der Waals surface area contributed by atoms with Crippen molar-refractivity contribution in [1.82, 2.24) is 21.3 Å². The number of Topliss-reactive ketones (excluding diaryl/α,β-unsaturated/α-hetero) is 1. The first-order valence-electron chi connectivity index (χ1n) is 51.2. The van der Waals surface area contributed by atoms with Gasteiger partial charge in [0.1, 0.15) is 146 Å². The largest absolute Gasteiger partial charge is 0.477 e. The molecule has 51 nitrogen and oxygen atoms in total. The number of hydrogen-bond acceptors (Lipinski definition) is 44. The molecule has 0 aliphatic carbocycles. The molecule has 850 valence electrons. The normalized spacial score (nSPS) is 35.6. The van der Waals surface area contributed by atoms with Gasteiger partial charge in [-0.3, -0.25) is 19.2 Å². The van der Waals surface area contributed by atoms with Gasteiger partial charge in [0.05, 0.1) is 108 Å². The summed E-state index contributed by atoms with van der Waals surface area (Å²) in [5.41, 5.74) is 0. The van der Waals surface area contributed by atoms with Crippen LogP contribution < -0.4 is 21.3 Å². The predicted molar refractivity (Wildman–Crippen MR) is 502 cm³/mol.